The fourth-order valence-corrected chi connectivity index (χ4v) is 0.254. The lowest BCUT2D eigenvalue weighted by Gasteiger charge is -1.99. The van der Waals surface area contributed by atoms with E-state index in [1.807, 2.05) is 6.92 Å². The first-order valence-corrected chi connectivity index (χ1v) is 2.34. The van der Waals surface area contributed by atoms with Gasteiger partial charge in [-0.2, -0.15) is 0 Å². The minimum absolute atomic E-state index is 0. The summed E-state index contributed by atoms with van der Waals surface area (Å²) >= 11 is 0. The summed E-state index contributed by atoms with van der Waals surface area (Å²) in [6.07, 6.45) is 0.830. The van der Waals surface area contributed by atoms with Crippen LogP contribution in [-0.4, -0.2) is 12.6 Å². The van der Waals surface area contributed by atoms with E-state index in [0.717, 1.165) is 6.42 Å². The van der Waals surface area contributed by atoms with E-state index < -0.39 is 0 Å². The molecular formula is C4H14Cl2N2O. The Kier molecular flexibility index (Phi) is 20.3. The van der Waals surface area contributed by atoms with E-state index in [1.165, 1.54) is 0 Å². The summed E-state index contributed by atoms with van der Waals surface area (Å²) in [7, 11) is 0. The SMILES string of the molecule is C[C@H](N)CCON.Cl.Cl. The van der Waals surface area contributed by atoms with Gasteiger partial charge < -0.3 is 10.6 Å². The van der Waals surface area contributed by atoms with Crippen LogP contribution in [0.25, 0.3) is 0 Å². The Labute approximate surface area is 67.9 Å². The summed E-state index contributed by atoms with van der Waals surface area (Å²) in [5, 5.41) is 0. The molecule has 0 amide bonds. The largest absolute Gasteiger partial charge is 0.328 e. The lowest BCUT2D eigenvalue weighted by atomic mass is 10.3. The average molecular weight is 177 g/mol. The molecule has 0 aliphatic carbocycles. The first-order valence-electron chi connectivity index (χ1n) is 2.34. The third-order valence-corrected chi connectivity index (χ3v) is 0.691. The first kappa shape index (κ1) is 16.2. The molecule has 4 N–H and O–H groups in total. The number of rotatable bonds is 3. The molecule has 0 heterocycles. The third kappa shape index (κ3) is 17.7. The van der Waals surface area contributed by atoms with E-state index in [9.17, 15) is 0 Å². The second kappa shape index (κ2) is 11.3. The van der Waals surface area contributed by atoms with Gasteiger partial charge in [0.05, 0.1) is 6.61 Å². The predicted molar refractivity (Wildman–Crippen MR) is 42.9 cm³/mol. The van der Waals surface area contributed by atoms with Crippen LogP contribution in [0.1, 0.15) is 13.3 Å². The van der Waals surface area contributed by atoms with Crippen LogP contribution in [0.5, 0.6) is 0 Å². The average Bonchev–Trinajstić information content (AvgIpc) is 1.61. The molecular weight excluding hydrogens is 163 g/mol. The van der Waals surface area contributed by atoms with E-state index >= 15 is 0 Å². The van der Waals surface area contributed by atoms with Crippen molar-refractivity contribution in [1.82, 2.24) is 0 Å². The van der Waals surface area contributed by atoms with Crippen LogP contribution in [0.2, 0.25) is 0 Å². The highest BCUT2D eigenvalue weighted by Gasteiger charge is 1.89. The Morgan fingerprint density at radius 3 is 2.00 bits per heavy atom. The quantitative estimate of drug-likeness (QED) is 0.615. The maximum Gasteiger partial charge on any atom is 0.0693 e. The highest BCUT2D eigenvalue weighted by atomic mass is 35.5. The molecule has 0 aromatic heterocycles. The standard InChI is InChI=1S/C4H12N2O.2ClH/c1-4(5)2-3-7-6;;/h4H,2-3,5-6H2,1H3;2*1H/t4-;;/m0../s1. The molecule has 5 heteroatoms. The number of hydrogen-bond donors (Lipinski definition) is 2. The van der Waals surface area contributed by atoms with Gasteiger partial charge in [-0.1, -0.05) is 0 Å². The van der Waals surface area contributed by atoms with E-state index in [4.69, 9.17) is 11.6 Å². The molecule has 0 saturated heterocycles. The van der Waals surface area contributed by atoms with Gasteiger partial charge in [-0.25, -0.2) is 5.90 Å². The fraction of sp³-hybridized carbons (Fsp3) is 1.00. The fourth-order valence-electron chi connectivity index (χ4n) is 0.254. The lowest BCUT2D eigenvalue weighted by molar-refractivity contribution is 0.131. The summed E-state index contributed by atoms with van der Waals surface area (Å²) in [5.74, 6) is 4.72. The van der Waals surface area contributed by atoms with Crippen molar-refractivity contribution >= 4 is 24.8 Å². The zero-order chi connectivity index (χ0) is 5.70. The maximum atomic E-state index is 5.34. The van der Waals surface area contributed by atoms with Crippen molar-refractivity contribution in [2.75, 3.05) is 6.61 Å². The number of hydrogen-bond acceptors (Lipinski definition) is 3. The molecule has 0 aliphatic rings. The highest BCUT2D eigenvalue weighted by molar-refractivity contribution is 5.85. The van der Waals surface area contributed by atoms with Crippen LogP contribution in [-0.2, 0) is 4.84 Å². The van der Waals surface area contributed by atoms with Crippen molar-refractivity contribution in [2.24, 2.45) is 11.6 Å². The van der Waals surface area contributed by atoms with E-state index in [1.54, 1.807) is 0 Å². The van der Waals surface area contributed by atoms with E-state index in [-0.39, 0.29) is 30.9 Å². The van der Waals surface area contributed by atoms with E-state index in [2.05, 4.69) is 4.84 Å². The van der Waals surface area contributed by atoms with Gasteiger partial charge in [-0.15, -0.1) is 24.8 Å². The van der Waals surface area contributed by atoms with Crippen LogP contribution in [0.15, 0.2) is 0 Å². The summed E-state index contributed by atoms with van der Waals surface area (Å²) in [4.78, 5) is 4.27. The van der Waals surface area contributed by atoms with Crippen LogP contribution >= 0.6 is 24.8 Å². The van der Waals surface area contributed by atoms with Gasteiger partial charge in [0.1, 0.15) is 0 Å². The van der Waals surface area contributed by atoms with Gasteiger partial charge in [0.25, 0.3) is 0 Å². The minimum Gasteiger partial charge on any atom is -0.328 e. The van der Waals surface area contributed by atoms with Gasteiger partial charge in [0.2, 0.25) is 0 Å². The van der Waals surface area contributed by atoms with Crippen molar-refractivity contribution in [2.45, 2.75) is 19.4 Å². The first-order chi connectivity index (χ1) is 3.27. The summed E-state index contributed by atoms with van der Waals surface area (Å²) < 4.78 is 0. The molecule has 9 heavy (non-hydrogen) atoms. The topological polar surface area (TPSA) is 61.3 Å². The second-order valence-electron chi connectivity index (χ2n) is 1.64. The normalized spacial score (nSPS) is 11.0. The monoisotopic (exact) mass is 176 g/mol. The van der Waals surface area contributed by atoms with Crippen molar-refractivity contribution in [1.29, 1.82) is 0 Å². The number of halogens is 2. The molecule has 0 fully saturated rings. The third-order valence-electron chi connectivity index (χ3n) is 0.691. The van der Waals surface area contributed by atoms with Gasteiger partial charge in [-0.3, -0.25) is 0 Å². The second-order valence-corrected chi connectivity index (χ2v) is 1.64. The van der Waals surface area contributed by atoms with Crippen LogP contribution in [0, 0.1) is 0 Å². The van der Waals surface area contributed by atoms with Crippen LogP contribution in [0.3, 0.4) is 0 Å². The van der Waals surface area contributed by atoms with Crippen molar-refractivity contribution in [3.8, 4) is 0 Å². The van der Waals surface area contributed by atoms with Crippen molar-refractivity contribution < 1.29 is 4.84 Å². The van der Waals surface area contributed by atoms with Gasteiger partial charge in [0.15, 0.2) is 0 Å². The molecule has 0 rings (SSSR count). The Hall–Kier alpha value is 0.460. The molecule has 0 unspecified atom stereocenters. The summed E-state index contributed by atoms with van der Waals surface area (Å²) in [5.41, 5.74) is 5.34. The van der Waals surface area contributed by atoms with Crippen LogP contribution < -0.4 is 11.6 Å². The Balaban J connectivity index is -0.000000180. The molecule has 0 bridgehead atoms. The Bertz CT molecular complexity index is 45.5. The molecule has 60 valence electrons. The minimum atomic E-state index is 0. The molecule has 0 aliphatic heterocycles. The molecule has 0 spiro atoms. The Morgan fingerprint density at radius 2 is 1.89 bits per heavy atom. The molecule has 0 aromatic carbocycles. The smallest absolute Gasteiger partial charge is 0.0693 e. The lowest BCUT2D eigenvalue weighted by Crippen LogP contribution is -2.18. The van der Waals surface area contributed by atoms with Crippen molar-refractivity contribution in [3.05, 3.63) is 0 Å². The molecule has 0 radical (unpaired) electrons. The zero-order valence-corrected chi connectivity index (χ0v) is 7.00. The molecule has 1 atom stereocenters. The van der Waals surface area contributed by atoms with E-state index in [0.29, 0.717) is 6.61 Å². The predicted octanol–water partition coefficient (Wildman–Crippen LogP) is 0.458. The number of nitrogens with two attached hydrogens (primary N) is 2. The maximum absolute atomic E-state index is 5.34. The highest BCUT2D eigenvalue weighted by Crippen LogP contribution is 1.82. The molecule has 0 aromatic rings. The molecule has 0 saturated carbocycles. The van der Waals surface area contributed by atoms with Crippen molar-refractivity contribution in [3.63, 3.8) is 0 Å². The summed E-state index contributed by atoms with van der Waals surface area (Å²) in [6.45, 7) is 2.47. The van der Waals surface area contributed by atoms with Gasteiger partial charge in [0, 0.05) is 6.04 Å². The van der Waals surface area contributed by atoms with Gasteiger partial charge in [-0.05, 0) is 13.3 Å². The molecule has 3 nitrogen and oxygen atoms in total. The summed E-state index contributed by atoms with van der Waals surface area (Å²) in [6, 6.07) is 0.198. The van der Waals surface area contributed by atoms with Gasteiger partial charge >= 0.3 is 0 Å². The van der Waals surface area contributed by atoms with Crippen LogP contribution in [0.4, 0.5) is 0 Å². The zero-order valence-electron chi connectivity index (χ0n) is 5.37. The Morgan fingerprint density at radius 1 is 1.44 bits per heavy atom.